The fourth-order valence-electron chi connectivity index (χ4n) is 4.14. The van der Waals surface area contributed by atoms with Gasteiger partial charge in [-0.1, -0.05) is 0 Å². The molecule has 0 radical (unpaired) electrons. The molecule has 1 fully saturated rings. The summed E-state index contributed by atoms with van der Waals surface area (Å²) >= 11 is 1.57. The van der Waals surface area contributed by atoms with Crippen LogP contribution in [0.1, 0.15) is 40.5 Å². The molecule has 1 N–H and O–H groups in total. The van der Waals surface area contributed by atoms with Crippen molar-refractivity contribution in [1.29, 1.82) is 0 Å². The molecular formula is C21H20F2N2O3S. The average Bonchev–Trinajstić information content (AvgIpc) is 3.43. The molecule has 0 amide bonds. The summed E-state index contributed by atoms with van der Waals surface area (Å²) in [6.45, 7) is 3.11. The Bertz CT molecular complexity index is 1100. The van der Waals surface area contributed by atoms with E-state index in [-0.39, 0.29) is 18.1 Å². The lowest BCUT2D eigenvalue weighted by Gasteiger charge is -2.17. The van der Waals surface area contributed by atoms with Crippen LogP contribution in [0.4, 0.5) is 14.6 Å². The highest BCUT2D eigenvalue weighted by Crippen LogP contribution is 2.43. The van der Waals surface area contributed by atoms with E-state index in [2.05, 4.69) is 16.4 Å². The minimum atomic E-state index is -0.928. The van der Waals surface area contributed by atoms with Crippen molar-refractivity contribution >= 4 is 27.2 Å². The lowest BCUT2D eigenvalue weighted by molar-refractivity contribution is -0.0412. The standard InChI is InChI=1S/C21H20F2N2O3S/c1-10-7-11-8-16(21-27-5-6-28-21)29-19(11)20(24-10)25-15-4-3-12-13(15)9-14(22)17(23)18(12)26-2/h7-9,15,21H,3-6H2,1-2H3,(H,24,25)/t15-/m1/s1. The first kappa shape index (κ1) is 18.7. The first-order valence-electron chi connectivity index (χ1n) is 9.50. The quantitative estimate of drug-likeness (QED) is 0.644. The number of methoxy groups -OCH3 is 1. The fourth-order valence-corrected chi connectivity index (χ4v) is 5.23. The summed E-state index contributed by atoms with van der Waals surface area (Å²) in [6.07, 6.45) is 0.981. The third kappa shape index (κ3) is 3.15. The van der Waals surface area contributed by atoms with Gasteiger partial charge in [0.2, 0.25) is 5.82 Å². The van der Waals surface area contributed by atoms with E-state index in [1.807, 2.05) is 13.0 Å². The highest BCUT2D eigenvalue weighted by Gasteiger charge is 2.30. The maximum Gasteiger partial charge on any atom is 0.200 e. The largest absolute Gasteiger partial charge is 0.493 e. The number of benzene rings is 1. The SMILES string of the molecule is COc1c(F)c(F)cc2c1CC[C@H]2Nc1nc(C)cc2cc(C3OCCO3)sc12. The summed E-state index contributed by atoms with van der Waals surface area (Å²) in [5.74, 6) is -1.09. The van der Waals surface area contributed by atoms with Gasteiger partial charge in [0, 0.05) is 11.3 Å². The van der Waals surface area contributed by atoms with E-state index >= 15 is 0 Å². The molecular weight excluding hydrogens is 398 g/mol. The maximum atomic E-state index is 14.1. The van der Waals surface area contributed by atoms with Crippen molar-refractivity contribution in [3.63, 3.8) is 0 Å². The third-order valence-corrected chi connectivity index (χ3v) is 6.57. The van der Waals surface area contributed by atoms with Crippen molar-refractivity contribution < 1.29 is 23.0 Å². The zero-order valence-electron chi connectivity index (χ0n) is 16.1. The predicted octanol–water partition coefficient (Wildman–Crippen LogP) is 5.04. The molecule has 3 heterocycles. The Balaban J connectivity index is 1.53. The van der Waals surface area contributed by atoms with Gasteiger partial charge in [0.15, 0.2) is 17.9 Å². The normalized spacial score (nSPS) is 19.1. The van der Waals surface area contributed by atoms with Gasteiger partial charge in [-0.25, -0.2) is 9.37 Å². The zero-order chi connectivity index (χ0) is 20.1. The van der Waals surface area contributed by atoms with Gasteiger partial charge in [-0.3, -0.25) is 0 Å². The monoisotopic (exact) mass is 418 g/mol. The van der Waals surface area contributed by atoms with E-state index in [1.165, 1.54) is 13.2 Å². The molecule has 1 saturated heterocycles. The van der Waals surface area contributed by atoms with Gasteiger partial charge in [-0.05, 0) is 48.9 Å². The van der Waals surface area contributed by atoms with Crippen molar-refractivity contribution in [1.82, 2.24) is 4.98 Å². The number of nitrogens with zero attached hydrogens (tertiary/aromatic N) is 1. The zero-order valence-corrected chi connectivity index (χ0v) is 16.9. The molecule has 0 saturated carbocycles. The Morgan fingerprint density at radius 2 is 2.00 bits per heavy atom. The molecule has 5 nitrogen and oxygen atoms in total. The van der Waals surface area contributed by atoms with Gasteiger partial charge in [0.1, 0.15) is 5.82 Å². The smallest absolute Gasteiger partial charge is 0.200 e. The number of anilines is 1. The molecule has 1 aliphatic heterocycles. The van der Waals surface area contributed by atoms with Crippen molar-refractivity contribution in [2.24, 2.45) is 0 Å². The van der Waals surface area contributed by atoms with Gasteiger partial charge in [0.05, 0.1) is 35.9 Å². The van der Waals surface area contributed by atoms with E-state index < -0.39 is 11.6 Å². The molecule has 1 atom stereocenters. The van der Waals surface area contributed by atoms with Crippen LogP contribution in [0.25, 0.3) is 10.1 Å². The van der Waals surface area contributed by atoms with Gasteiger partial charge < -0.3 is 19.5 Å². The summed E-state index contributed by atoms with van der Waals surface area (Å²) in [4.78, 5) is 5.67. The Kier molecular flexibility index (Phi) is 4.64. The topological polar surface area (TPSA) is 52.6 Å². The molecule has 152 valence electrons. The number of aromatic nitrogens is 1. The average molecular weight is 418 g/mol. The number of pyridine rings is 1. The molecule has 0 bridgehead atoms. The highest BCUT2D eigenvalue weighted by molar-refractivity contribution is 7.19. The van der Waals surface area contributed by atoms with Gasteiger partial charge >= 0.3 is 0 Å². The second kappa shape index (κ2) is 7.19. The van der Waals surface area contributed by atoms with Gasteiger partial charge in [-0.2, -0.15) is 4.39 Å². The number of halogens is 2. The van der Waals surface area contributed by atoms with Crippen LogP contribution in [-0.4, -0.2) is 25.3 Å². The minimum Gasteiger partial charge on any atom is -0.493 e. The van der Waals surface area contributed by atoms with Gasteiger partial charge in [-0.15, -0.1) is 11.3 Å². The van der Waals surface area contributed by atoms with Gasteiger partial charge in [0.25, 0.3) is 0 Å². The lowest BCUT2D eigenvalue weighted by Crippen LogP contribution is -2.10. The lowest BCUT2D eigenvalue weighted by atomic mass is 10.1. The minimum absolute atomic E-state index is 0.000545. The van der Waals surface area contributed by atoms with Crippen LogP contribution in [0.3, 0.4) is 0 Å². The molecule has 2 aliphatic rings. The summed E-state index contributed by atoms with van der Waals surface area (Å²) < 4.78 is 45.5. The van der Waals surface area contributed by atoms with Crippen molar-refractivity contribution in [3.8, 4) is 5.75 Å². The van der Waals surface area contributed by atoms with Crippen LogP contribution in [-0.2, 0) is 15.9 Å². The predicted molar refractivity (Wildman–Crippen MR) is 107 cm³/mol. The van der Waals surface area contributed by atoms with Crippen molar-refractivity contribution in [2.45, 2.75) is 32.1 Å². The van der Waals surface area contributed by atoms with E-state index in [0.29, 0.717) is 31.6 Å². The first-order valence-corrected chi connectivity index (χ1v) is 10.3. The molecule has 5 rings (SSSR count). The second-order valence-corrected chi connectivity index (χ2v) is 8.35. The summed E-state index contributed by atoms with van der Waals surface area (Å²) in [7, 11) is 1.37. The molecule has 1 aromatic carbocycles. The Hall–Kier alpha value is -2.29. The third-order valence-electron chi connectivity index (χ3n) is 5.39. The summed E-state index contributed by atoms with van der Waals surface area (Å²) in [5.41, 5.74) is 2.31. The highest BCUT2D eigenvalue weighted by atomic mass is 32.1. The molecule has 2 aromatic heterocycles. The number of thiophene rings is 1. The summed E-state index contributed by atoms with van der Waals surface area (Å²) in [5, 5.41) is 4.51. The first-order chi connectivity index (χ1) is 14.0. The molecule has 29 heavy (non-hydrogen) atoms. The summed E-state index contributed by atoms with van der Waals surface area (Å²) in [6, 6.07) is 5.19. The number of rotatable bonds is 4. The Labute approximate surface area is 170 Å². The van der Waals surface area contributed by atoms with Crippen molar-refractivity contribution in [3.05, 3.63) is 51.5 Å². The number of hydrogen-bond acceptors (Lipinski definition) is 6. The fraction of sp³-hybridized carbons (Fsp3) is 0.381. The molecule has 1 aliphatic carbocycles. The molecule has 8 heteroatoms. The Morgan fingerprint density at radius 3 is 2.76 bits per heavy atom. The van der Waals surface area contributed by atoms with Crippen LogP contribution >= 0.6 is 11.3 Å². The van der Waals surface area contributed by atoms with Crippen LogP contribution < -0.4 is 10.1 Å². The second-order valence-electron chi connectivity index (χ2n) is 7.26. The van der Waals surface area contributed by atoms with Crippen molar-refractivity contribution in [2.75, 3.05) is 25.6 Å². The van der Waals surface area contributed by atoms with E-state index in [1.54, 1.807) is 11.3 Å². The molecule has 0 spiro atoms. The van der Waals surface area contributed by atoms with Crippen LogP contribution in [0.2, 0.25) is 0 Å². The number of fused-ring (bicyclic) bond motifs is 2. The molecule has 0 unspecified atom stereocenters. The van der Waals surface area contributed by atoms with Crippen LogP contribution in [0, 0.1) is 18.6 Å². The maximum absolute atomic E-state index is 14.1. The van der Waals surface area contributed by atoms with E-state index in [0.717, 1.165) is 32.0 Å². The number of ether oxygens (including phenoxy) is 3. The molecule has 3 aromatic rings. The van der Waals surface area contributed by atoms with E-state index in [4.69, 9.17) is 14.2 Å². The number of nitrogens with one attached hydrogen (secondary N) is 1. The van der Waals surface area contributed by atoms with Crippen LogP contribution in [0.5, 0.6) is 5.75 Å². The number of hydrogen-bond donors (Lipinski definition) is 1. The van der Waals surface area contributed by atoms with Crippen LogP contribution in [0.15, 0.2) is 18.2 Å². The number of aryl methyl sites for hydroxylation is 1. The van der Waals surface area contributed by atoms with E-state index in [9.17, 15) is 8.78 Å². The Morgan fingerprint density at radius 1 is 1.21 bits per heavy atom.